The van der Waals surface area contributed by atoms with Crippen LogP contribution in [0, 0.1) is 6.92 Å². The van der Waals surface area contributed by atoms with Gasteiger partial charge in [-0.25, -0.2) is 4.98 Å². The number of oxazole rings is 1. The zero-order valence-corrected chi connectivity index (χ0v) is 17.3. The molecule has 1 fully saturated rings. The molecule has 2 amide bonds. The average Bonchev–Trinajstić information content (AvgIpc) is 3.27. The van der Waals surface area contributed by atoms with E-state index in [0.29, 0.717) is 31.3 Å². The highest BCUT2D eigenvalue weighted by Gasteiger charge is 2.29. The summed E-state index contributed by atoms with van der Waals surface area (Å²) < 4.78 is 11.1. The molecule has 0 aliphatic carbocycles. The van der Waals surface area contributed by atoms with Gasteiger partial charge in [-0.2, -0.15) is 0 Å². The standard InChI is InChI=1S/C23H24N4O4/c1-16-6-5-9-24-19(16)13-25-22(29)20-14-27(10-11-30-20)21(28)12-18-15-31-23(26-18)17-7-3-2-4-8-17/h2-9,15,20H,10-14H2,1H3,(H,25,29). The molecule has 1 aliphatic heterocycles. The maximum Gasteiger partial charge on any atom is 0.251 e. The van der Waals surface area contributed by atoms with Gasteiger partial charge >= 0.3 is 0 Å². The van der Waals surface area contributed by atoms with Gasteiger partial charge < -0.3 is 19.4 Å². The third-order valence-electron chi connectivity index (χ3n) is 5.16. The average molecular weight is 420 g/mol. The number of rotatable bonds is 6. The number of carbonyl (C=O) groups excluding carboxylic acids is 2. The number of nitrogens with zero attached hydrogens (tertiary/aromatic N) is 3. The first-order valence-corrected chi connectivity index (χ1v) is 10.2. The van der Waals surface area contributed by atoms with Crippen LogP contribution in [-0.2, 0) is 27.3 Å². The zero-order chi connectivity index (χ0) is 21.6. The minimum atomic E-state index is -0.709. The first-order chi connectivity index (χ1) is 15.1. The summed E-state index contributed by atoms with van der Waals surface area (Å²) in [5.41, 5.74) is 3.22. The van der Waals surface area contributed by atoms with E-state index in [0.717, 1.165) is 16.8 Å². The van der Waals surface area contributed by atoms with Crippen LogP contribution in [0.3, 0.4) is 0 Å². The third-order valence-corrected chi connectivity index (χ3v) is 5.16. The predicted octanol–water partition coefficient (Wildman–Crippen LogP) is 2.13. The summed E-state index contributed by atoms with van der Waals surface area (Å²) in [6.07, 6.45) is 2.59. The van der Waals surface area contributed by atoms with Gasteiger partial charge in [0.1, 0.15) is 6.26 Å². The van der Waals surface area contributed by atoms with Crippen LogP contribution in [0.2, 0.25) is 0 Å². The second-order valence-electron chi connectivity index (χ2n) is 7.37. The van der Waals surface area contributed by atoms with Crippen LogP contribution >= 0.6 is 0 Å². The molecule has 31 heavy (non-hydrogen) atoms. The molecule has 2 aromatic heterocycles. The topological polar surface area (TPSA) is 97.6 Å². The van der Waals surface area contributed by atoms with E-state index < -0.39 is 6.10 Å². The predicted molar refractivity (Wildman–Crippen MR) is 113 cm³/mol. The molecule has 1 unspecified atom stereocenters. The minimum Gasteiger partial charge on any atom is -0.444 e. The van der Waals surface area contributed by atoms with Gasteiger partial charge in [0, 0.05) is 18.3 Å². The molecule has 1 atom stereocenters. The number of aryl methyl sites for hydroxylation is 1. The van der Waals surface area contributed by atoms with Gasteiger partial charge in [-0.05, 0) is 30.7 Å². The lowest BCUT2D eigenvalue weighted by Gasteiger charge is -2.32. The summed E-state index contributed by atoms with van der Waals surface area (Å²) in [4.78, 5) is 35.6. The minimum absolute atomic E-state index is 0.109. The summed E-state index contributed by atoms with van der Waals surface area (Å²) in [5.74, 6) is 0.109. The van der Waals surface area contributed by atoms with Crippen LogP contribution in [0.25, 0.3) is 11.5 Å². The maximum absolute atomic E-state index is 12.8. The van der Waals surface area contributed by atoms with E-state index in [1.165, 1.54) is 6.26 Å². The Morgan fingerprint density at radius 3 is 2.84 bits per heavy atom. The Morgan fingerprint density at radius 1 is 1.19 bits per heavy atom. The largest absolute Gasteiger partial charge is 0.444 e. The summed E-state index contributed by atoms with van der Waals surface area (Å²) in [5, 5.41) is 2.85. The Balaban J connectivity index is 1.32. The molecule has 8 nitrogen and oxygen atoms in total. The van der Waals surface area contributed by atoms with Crippen molar-refractivity contribution in [1.82, 2.24) is 20.2 Å². The molecule has 8 heteroatoms. The van der Waals surface area contributed by atoms with Crippen LogP contribution < -0.4 is 5.32 Å². The van der Waals surface area contributed by atoms with Crippen LogP contribution in [0.15, 0.2) is 59.3 Å². The van der Waals surface area contributed by atoms with Crippen molar-refractivity contribution < 1.29 is 18.7 Å². The number of ether oxygens (including phenoxy) is 1. The monoisotopic (exact) mass is 420 g/mol. The maximum atomic E-state index is 12.8. The summed E-state index contributed by atoms with van der Waals surface area (Å²) in [6, 6.07) is 13.3. The summed E-state index contributed by atoms with van der Waals surface area (Å²) in [7, 11) is 0. The van der Waals surface area contributed by atoms with Crippen molar-refractivity contribution in [2.75, 3.05) is 19.7 Å². The number of nitrogens with one attached hydrogen (secondary N) is 1. The van der Waals surface area contributed by atoms with E-state index in [-0.39, 0.29) is 24.8 Å². The molecule has 3 aromatic rings. The Kier molecular flexibility index (Phi) is 6.37. The quantitative estimate of drug-likeness (QED) is 0.656. The number of morpholine rings is 1. The Morgan fingerprint density at radius 2 is 2.03 bits per heavy atom. The van der Waals surface area contributed by atoms with E-state index >= 15 is 0 Å². The van der Waals surface area contributed by atoms with E-state index in [4.69, 9.17) is 9.15 Å². The molecule has 3 heterocycles. The van der Waals surface area contributed by atoms with E-state index in [1.54, 1.807) is 11.1 Å². The van der Waals surface area contributed by atoms with Crippen molar-refractivity contribution in [2.24, 2.45) is 0 Å². The summed E-state index contributed by atoms with van der Waals surface area (Å²) >= 11 is 0. The van der Waals surface area contributed by atoms with Crippen molar-refractivity contribution in [3.8, 4) is 11.5 Å². The molecule has 1 saturated heterocycles. The van der Waals surface area contributed by atoms with Gasteiger partial charge in [-0.1, -0.05) is 24.3 Å². The zero-order valence-electron chi connectivity index (χ0n) is 17.3. The number of amides is 2. The highest BCUT2D eigenvalue weighted by atomic mass is 16.5. The van der Waals surface area contributed by atoms with Crippen molar-refractivity contribution in [1.29, 1.82) is 0 Å². The van der Waals surface area contributed by atoms with Gasteiger partial charge in [0.25, 0.3) is 5.91 Å². The molecule has 4 rings (SSSR count). The van der Waals surface area contributed by atoms with E-state index in [1.807, 2.05) is 49.4 Å². The fourth-order valence-electron chi connectivity index (χ4n) is 3.39. The number of hydrogen-bond donors (Lipinski definition) is 1. The van der Waals surface area contributed by atoms with Crippen LogP contribution in [0.5, 0.6) is 0 Å². The van der Waals surface area contributed by atoms with Crippen molar-refractivity contribution in [3.05, 3.63) is 71.9 Å². The fourth-order valence-corrected chi connectivity index (χ4v) is 3.39. The SMILES string of the molecule is Cc1cccnc1CNC(=O)C1CN(C(=O)Cc2coc(-c3ccccc3)n2)CCO1. The van der Waals surface area contributed by atoms with Crippen molar-refractivity contribution in [2.45, 2.75) is 26.0 Å². The first-order valence-electron chi connectivity index (χ1n) is 10.2. The van der Waals surface area contributed by atoms with Crippen LogP contribution in [0.4, 0.5) is 0 Å². The van der Waals surface area contributed by atoms with Gasteiger partial charge in [-0.3, -0.25) is 14.6 Å². The molecular formula is C23H24N4O4. The van der Waals surface area contributed by atoms with Gasteiger partial charge in [-0.15, -0.1) is 0 Å². The normalized spacial score (nSPS) is 16.2. The molecule has 160 valence electrons. The van der Waals surface area contributed by atoms with E-state index in [9.17, 15) is 9.59 Å². The van der Waals surface area contributed by atoms with Gasteiger partial charge in [0.05, 0.1) is 37.5 Å². The second-order valence-corrected chi connectivity index (χ2v) is 7.37. The molecule has 0 bridgehead atoms. The van der Waals surface area contributed by atoms with Gasteiger partial charge in [0.15, 0.2) is 6.10 Å². The second kappa shape index (κ2) is 9.53. The molecule has 1 aliphatic rings. The Hall–Kier alpha value is -3.52. The number of carbonyl (C=O) groups is 2. The fraction of sp³-hybridized carbons (Fsp3) is 0.304. The Bertz CT molecular complexity index is 1050. The molecule has 1 N–H and O–H groups in total. The summed E-state index contributed by atoms with van der Waals surface area (Å²) in [6.45, 7) is 3.21. The van der Waals surface area contributed by atoms with Crippen LogP contribution in [-0.4, -0.2) is 52.5 Å². The van der Waals surface area contributed by atoms with Crippen molar-refractivity contribution >= 4 is 11.8 Å². The molecular weight excluding hydrogens is 396 g/mol. The Labute approximate surface area is 180 Å². The molecule has 0 radical (unpaired) electrons. The highest BCUT2D eigenvalue weighted by Crippen LogP contribution is 2.18. The van der Waals surface area contributed by atoms with Gasteiger partial charge in [0.2, 0.25) is 11.8 Å². The molecule has 1 aromatic carbocycles. The molecule has 0 saturated carbocycles. The lowest BCUT2D eigenvalue weighted by Crippen LogP contribution is -2.51. The first kappa shape index (κ1) is 20.7. The number of benzene rings is 1. The lowest BCUT2D eigenvalue weighted by molar-refractivity contribution is -0.146. The number of aromatic nitrogens is 2. The third kappa shape index (κ3) is 5.16. The van der Waals surface area contributed by atoms with Crippen LogP contribution in [0.1, 0.15) is 17.0 Å². The lowest BCUT2D eigenvalue weighted by atomic mass is 10.2. The van der Waals surface area contributed by atoms with E-state index in [2.05, 4.69) is 15.3 Å². The molecule has 0 spiro atoms. The highest BCUT2D eigenvalue weighted by molar-refractivity contribution is 5.83. The smallest absolute Gasteiger partial charge is 0.251 e. The number of hydrogen-bond acceptors (Lipinski definition) is 6. The van der Waals surface area contributed by atoms with Crippen molar-refractivity contribution in [3.63, 3.8) is 0 Å². The number of pyridine rings is 1.